The SMILES string of the molecule is CN=C1CN(C(=O)OC(C)(C)C)CCC1C. The van der Waals surface area contributed by atoms with Crippen LogP contribution in [0.25, 0.3) is 0 Å². The van der Waals surface area contributed by atoms with Crippen molar-refractivity contribution in [2.45, 2.75) is 39.7 Å². The lowest BCUT2D eigenvalue weighted by Crippen LogP contribution is -2.45. The Kier molecular flexibility index (Phi) is 3.94. The van der Waals surface area contributed by atoms with Gasteiger partial charge in [0.1, 0.15) is 5.60 Å². The largest absolute Gasteiger partial charge is 0.444 e. The number of aliphatic imine (C=N–C) groups is 1. The average molecular weight is 226 g/mol. The topological polar surface area (TPSA) is 41.9 Å². The van der Waals surface area contributed by atoms with Crippen LogP contribution >= 0.6 is 0 Å². The molecule has 1 unspecified atom stereocenters. The van der Waals surface area contributed by atoms with Gasteiger partial charge in [0.25, 0.3) is 0 Å². The summed E-state index contributed by atoms with van der Waals surface area (Å²) in [6.07, 6.45) is 0.729. The van der Waals surface area contributed by atoms with Crippen LogP contribution in [0.1, 0.15) is 34.1 Å². The summed E-state index contributed by atoms with van der Waals surface area (Å²) >= 11 is 0. The van der Waals surface area contributed by atoms with Crippen molar-refractivity contribution in [3.05, 3.63) is 0 Å². The molecule has 0 radical (unpaired) electrons. The van der Waals surface area contributed by atoms with E-state index in [9.17, 15) is 4.79 Å². The molecule has 0 aromatic heterocycles. The van der Waals surface area contributed by atoms with E-state index in [0.29, 0.717) is 12.5 Å². The average Bonchev–Trinajstić information content (AvgIpc) is 2.15. The van der Waals surface area contributed by atoms with E-state index in [1.165, 1.54) is 0 Å². The predicted octanol–water partition coefficient (Wildman–Crippen LogP) is 2.33. The van der Waals surface area contributed by atoms with Crippen LogP contribution in [0.3, 0.4) is 0 Å². The lowest BCUT2D eigenvalue weighted by molar-refractivity contribution is 0.0258. The second kappa shape index (κ2) is 4.85. The molecule has 92 valence electrons. The minimum Gasteiger partial charge on any atom is -0.444 e. The van der Waals surface area contributed by atoms with Crippen LogP contribution in [0.4, 0.5) is 4.79 Å². The Labute approximate surface area is 97.7 Å². The van der Waals surface area contributed by atoms with Gasteiger partial charge in [0, 0.05) is 19.3 Å². The lowest BCUT2D eigenvalue weighted by atomic mass is 9.97. The van der Waals surface area contributed by atoms with Gasteiger partial charge < -0.3 is 9.64 Å². The van der Waals surface area contributed by atoms with E-state index in [2.05, 4.69) is 11.9 Å². The van der Waals surface area contributed by atoms with Gasteiger partial charge in [-0.25, -0.2) is 4.79 Å². The van der Waals surface area contributed by atoms with Crippen molar-refractivity contribution < 1.29 is 9.53 Å². The molecule has 0 bridgehead atoms. The van der Waals surface area contributed by atoms with Crippen molar-refractivity contribution in [1.82, 2.24) is 4.90 Å². The van der Waals surface area contributed by atoms with E-state index in [-0.39, 0.29) is 6.09 Å². The summed E-state index contributed by atoms with van der Waals surface area (Å²) in [5, 5.41) is 0. The molecule has 1 aliphatic heterocycles. The number of hydrogen-bond acceptors (Lipinski definition) is 3. The van der Waals surface area contributed by atoms with Gasteiger partial charge in [-0.05, 0) is 33.1 Å². The van der Waals surface area contributed by atoms with Gasteiger partial charge in [0.05, 0.1) is 6.54 Å². The Morgan fingerprint density at radius 1 is 1.50 bits per heavy atom. The van der Waals surface area contributed by atoms with Gasteiger partial charge in [-0.1, -0.05) is 6.92 Å². The zero-order valence-electron chi connectivity index (χ0n) is 10.9. The first-order valence-electron chi connectivity index (χ1n) is 5.77. The highest BCUT2D eigenvalue weighted by atomic mass is 16.6. The number of amides is 1. The van der Waals surface area contributed by atoms with E-state index in [0.717, 1.165) is 18.7 Å². The van der Waals surface area contributed by atoms with Crippen molar-refractivity contribution >= 4 is 11.8 Å². The fraction of sp³-hybridized carbons (Fsp3) is 0.833. The molecule has 0 aromatic rings. The number of piperidine rings is 1. The summed E-state index contributed by atoms with van der Waals surface area (Å²) in [6, 6.07) is 0. The van der Waals surface area contributed by atoms with Crippen molar-refractivity contribution in [2.24, 2.45) is 10.9 Å². The lowest BCUT2D eigenvalue weighted by Gasteiger charge is -2.33. The van der Waals surface area contributed by atoms with Gasteiger partial charge >= 0.3 is 6.09 Å². The summed E-state index contributed by atoms with van der Waals surface area (Å²) in [6.45, 7) is 9.15. The van der Waals surface area contributed by atoms with E-state index in [1.54, 1.807) is 11.9 Å². The van der Waals surface area contributed by atoms with Gasteiger partial charge in [-0.3, -0.25) is 4.99 Å². The molecular formula is C12H22N2O2. The Morgan fingerprint density at radius 2 is 2.12 bits per heavy atom. The molecule has 1 aliphatic rings. The maximum Gasteiger partial charge on any atom is 0.410 e. The van der Waals surface area contributed by atoms with Crippen molar-refractivity contribution in [1.29, 1.82) is 0 Å². The van der Waals surface area contributed by atoms with Gasteiger partial charge in [0.2, 0.25) is 0 Å². The minimum absolute atomic E-state index is 0.236. The van der Waals surface area contributed by atoms with Crippen molar-refractivity contribution in [2.75, 3.05) is 20.1 Å². The van der Waals surface area contributed by atoms with E-state index < -0.39 is 5.60 Å². The van der Waals surface area contributed by atoms with E-state index in [1.807, 2.05) is 20.8 Å². The maximum absolute atomic E-state index is 11.8. The third-order valence-electron chi connectivity index (χ3n) is 2.69. The third-order valence-corrected chi connectivity index (χ3v) is 2.69. The van der Waals surface area contributed by atoms with Gasteiger partial charge in [-0.2, -0.15) is 0 Å². The van der Waals surface area contributed by atoms with Crippen LogP contribution in [0.2, 0.25) is 0 Å². The van der Waals surface area contributed by atoms with Crippen molar-refractivity contribution in [3.63, 3.8) is 0 Å². The Hall–Kier alpha value is -1.06. The smallest absolute Gasteiger partial charge is 0.410 e. The second-order valence-corrected chi connectivity index (χ2v) is 5.31. The summed E-state index contributed by atoms with van der Waals surface area (Å²) in [4.78, 5) is 17.8. The first kappa shape index (κ1) is 13.0. The fourth-order valence-corrected chi connectivity index (χ4v) is 1.72. The van der Waals surface area contributed by atoms with E-state index >= 15 is 0 Å². The monoisotopic (exact) mass is 226 g/mol. The number of nitrogens with zero attached hydrogens (tertiary/aromatic N) is 2. The Bertz CT molecular complexity index is 292. The van der Waals surface area contributed by atoms with E-state index in [4.69, 9.17) is 4.74 Å². The molecule has 0 aliphatic carbocycles. The predicted molar refractivity (Wildman–Crippen MR) is 64.9 cm³/mol. The zero-order valence-corrected chi connectivity index (χ0v) is 10.9. The third kappa shape index (κ3) is 3.51. The molecule has 1 amide bonds. The second-order valence-electron chi connectivity index (χ2n) is 5.31. The number of carbonyl (C=O) groups excluding carboxylic acids is 1. The zero-order chi connectivity index (χ0) is 12.3. The normalized spacial score (nSPS) is 24.7. The number of hydrogen-bond donors (Lipinski definition) is 0. The number of carbonyl (C=O) groups is 1. The van der Waals surface area contributed by atoms with Gasteiger partial charge in [-0.15, -0.1) is 0 Å². The minimum atomic E-state index is -0.427. The van der Waals surface area contributed by atoms with Gasteiger partial charge in [0.15, 0.2) is 0 Å². The molecule has 1 rings (SSSR count). The van der Waals surface area contributed by atoms with Crippen LogP contribution in [-0.2, 0) is 4.74 Å². The maximum atomic E-state index is 11.8. The molecule has 0 spiro atoms. The summed E-state index contributed by atoms with van der Waals surface area (Å²) < 4.78 is 5.34. The molecule has 1 saturated heterocycles. The summed E-state index contributed by atoms with van der Waals surface area (Å²) in [7, 11) is 1.78. The highest BCUT2D eigenvalue weighted by Crippen LogP contribution is 2.17. The standard InChI is InChI=1S/C12H22N2O2/c1-9-6-7-14(8-10(9)13-5)11(15)16-12(2,3)4/h9H,6-8H2,1-5H3. The first-order chi connectivity index (χ1) is 7.33. The van der Waals surface area contributed by atoms with Crippen LogP contribution in [0, 0.1) is 5.92 Å². The van der Waals surface area contributed by atoms with Crippen LogP contribution in [0.5, 0.6) is 0 Å². The quantitative estimate of drug-likeness (QED) is 0.636. The summed E-state index contributed by atoms with van der Waals surface area (Å²) in [5.74, 6) is 0.476. The summed E-state index contributed by atoms with van der Waals surface area (Å²) in [5.41, 5.74) is 0.654. The highest BCUT2D eigenvalue weighted by molar-refractivity contribution is 5.91. The molecular weight excluding hydrogens is 204 g/mol. The Balaban J connectivity index is 2.59. The number of rotatable bonds is 0. The molecule has 1 fully saturated rings. The number of likely N-dealkylation sites (tertiary alicyclic amines) is 1. The molecule has 0 saturated carbocycles. The number of ether oxygens (including phenoxy) is 1. The Morgan fingerprint density at radius 3 is 2.62 bits per heavy atom. The fourth-order valence-electron chi connectivity index (χ4n) is 1.72. The molecule has 1 atom stereocenters. The molecule has 1 heterocycles. The molecule has 4 nitrogen and oxygen atoms in total. The first-order valence-corrected chi connectivity index (χ1v) is 5.77. The molecule has 4 heteroatoms. The molecule has 0 N–H and O–H groups in total. The van der Waals surface area contributed by atoms with Crippen LogP contribution < -0.4 is 0 Å². The van der Waals surface area contributed by atoms with Crippen molar-refractivity contribution in [3.8, 4) is 0 Å². The van der Waals surface area contributed by atoms with Crippen LogP contribution in [0.15, 0.2) is 4.99 Å². The van der Waals surface area contributed by atoms with Crippen LogP contribution in [-0.4, -0.2) is 42.4 Å². The highest BCUT2D eigenvalue weighted by Gasteiger charge is 2.28. The molecule has 16 heavy (non-hydrogen) atoms. The molecule has 0 aromatic carbocycles.